The molecule has 1 N–H and O–H groups in total. The highest BCUT2D eigenvalue weighted by Crippen LogP contribution is 2.29. The Morgan fingerprint density at radius 3 is 2.53 bits per heavy atom. The van der Waals surface area contributed by atoms with Gasteiger partial charge in [-0.05, 0) is 32.6 Å². The number of amides is 1. The normalized spacial score (nSPS) is 33.9. The lowest BCUT2D eigenvalue weighted by atomic mass is 9.99. The van der Waals surface area contributed by atoms with Crippen LogP contribution in [0.1, 0.15) is 32.6 Å². The smallest absolute Gasteiger partial charge is 0.409 e. The second-order valence-electron chi connectivity index (χ2n) is 4.57. The molecule has 2 rings (SSSR count). The Morgan fingerprint density at radius 1 is 1.40 bits per heavy atom. The zero-order valence-corrected chi connectivity index (χ0v) is 9.53. The molecule has 2 unspecified atom stereocenters. The van der Waals surface area contributed by atoms with E-state index in [1.807, 2.05) is 14.0 Å². The number of rotatable bonds is 2. The SMILES string of the molecule is CCOC(=O)N(C)C1CC2CCC(C1)N2. The van der Waals surface area contributed by atoms with Crippen LogP contribution >= 0.6 is 0 Å². The van der Waals surface area contributed by atoms with E-state index in [2.05, 4.69) is 5.32 Å². The van der Waals surface area contributed by atoms with Gasteiger partial charge in [-0.2, -0.15) is 0 Å². The lowest BCUT2D eigenvalue weighted by Gasteiger charge is -2.34. The predicted octanol–water partition coefficient (Wildman–Crippen LogP) is 1.36. The topological polar surface area (TPSA) is 41.6 Å². The number of piperidine rings is 1. The molecule has 0 spiro atoms. The van der Waals surface area contributed by atoms with Gasteiger partial charge < -0.3 is 15.0 Å². The fraction of sp³-hybridized carbons (Fsp3) is 0.909. The maximum atomic E-state index is 11.6. The van der Waals surface area contributed by atoms with Crippen LogP contribution in [-0.2, 0) is 4.74 Å². The Morgan fingerprint density at radius 2 is 2.00 bits per heavy atom. The molecule has 2 atom stereocenters. The highest BCUT2D eigenvalue weighted by molar-refractivity contribution is 5.67. The fourth-order valence-electron chi connectivity index (χ4n) is 2.72. The summed E-state index contributed by atoms with van der Waals surface area (Å²) >= 11 is 0. The van der Waals surface area contributed by atoms with Gasteiger partial charge in [-0.1, -0.05) is 0 Å². The summed E-state index contributed by atoms with van der Waals surface area (Å²) in [6, 6.07) is 1.60. The minimum absolute atomic E-state index is 0.177. The molecule has 0 aromatic heterocycles. The van der Waals surface area contributed by atoms with Crippen LogP contribution < -0.4 is 5.32 Å². The second-order valence-corrected chi connectivity index (χ2v) is 4.57. The minimum Gasteiger partial charge on any atom is -0.450 e. The summed E-state index contributed by atoms with van der Waals surface area (Å²) in [6.07, 6.45) is 4.50. The van der Waals surface area contributed by atoms with Crippen LogP contribution in [0.4, 0.5) is 4.79 Å². The Bertz CT molecular complexity index is 233. The van der Waals surface area contributed by atoms with Crippen LogP contribution in [0, 0.1) is 0 Å². The highest BCUT2D eigenvalue weighted by atomic mass is 16.6. The molecule has 86 valence electrons. The van der Waals surface area contributed by atoms with Crippen molar-refractivity contribution in [3.63, 3.8) is 0 Å². The van der Waals surface area contributed by atoms with E-state index < -0.39 is 0 Å². The van der Waals surface area contributed by atoms with Gasteiger partial charge in [0.1, 0.15) is 0 Å². The van der Waals surface area contributed by atoms with Gasteiger partial charge in [0.2, 0.25) is 0 Å². The molecule has 0 radical (unpaired) electrons. The zero-order valence-electron chi connectivity index (χ0n) is 9.53. The largest absolute Gasteiger partial charge is 0.450 e. The van der Waals surface area contributed by atoms with Crippen molar-refractivity contribution in [2.24, 2.45) is 0 Å². The van der Waals surface area contributed by atoms with E-state index in [-0.39, 0.29) is 6.09 Å². The Labute approximate surface area is 91.0 Å². The Balaban J connectivity index is 1.90. The average Bonchev–Trinajstić information content (AvgIpc) is 2.57. The van der Waals surface area contributed by atoms with E-state index in [1.54, 1.807) is 4.90 Å². The summed E-state index contributed by atoms with van der Waals surface area (Å²) in [5.41, 5.74) is 0. The van der Waals surface area contributed by atoms with E-state index >= 15 is 0 Å². The maximum Gasteiger partial charge on any atom is 0.409 e. The monoisotopic (exact) mass is 212 g/mol. The van der Waals surface area contributed by atoms with E-state index in [4.69, 9.17) is 4.74 Å². The Kier molecular flexibility index (Phi) is 3.14. The van der Waals surface area contributed by atoms with Crippen molar-refractivity contribution in [3.8, 4) is 0 Å². The number of nitrogens with zero attached hydrogens (tertiary/aromatic N) is 1. The summed E-state index contributed by atoms with van der Waals surface area (Å²) < 4.78 is 5.01. The third-order valence-corrected chi connectivity index (χ3v) is 3.55. The number of ether oxygens (including phenoxy) is 1. The maximum absolute atomic E-state index is 11.6. The first-order chi connectivity index (χ1) is 7.20. The van der Waals surface area contributed by atoms with Crippen molar-refractivity contribution in [3.05, 3.63) is 0 Å². The molecule has 0 aromatic rings. The summed E-state index contributed by atoms with van der Waals surface area (Å²) in [5.74, 6) is 0. The second kappa shape index (κ2) is 4.39. The molecule has 1 amide bonds. The first kappa shape index (κ1) is 10.7. The molecule has 0 aromatic carbocycles. The van der Waals surface area contributed by atoms with E-state index in [0.29, 0.717) is 24.7 Å². The standard InChI is InChI=1S/C11H20N2O2/c1-3-15-11(14)13(2)10-6-8-4-5-9(7-10)12-8/h8-10,12H,3-7H2,1-2H3. The van der Waals surface area contributed by atoms with Crippen LogP contribution in [0.25, 0.3) is 0 Å². The van der Waals surface area contributed by atoms with Crippen molar-refractivity contribution in [1.29, 1.82) is 0 Å². The van der Waals surface area contributed by atoms with Gasteiger partial charge in [0.15, 0.2) is 0 Å². The van der Waals surface area contributed by atoms with Crippen LogP contribution in [0.3, 0.4) is 0 Å². The van der Waals surface area contributed by atoms with E-state index in [0.717, 1.165) is 12.8 Å². The van der Waals surface area contributed by atoms with Crippen molar-refractivity contribution >= 4 is 6.09 Å². The number of carbonyl (C=O) groups is 1. The van der Waals surface area contributed by atoms with Gasteiger partial charge in [0.05, 0.1) is 6.61 Å². The van der Waals surface area contributed by atoms with Crippen molar-refractivity contribution in [2.45, 2.75) is 50.7 Å². The quantitative estimate of drug-likeness (QED) is 0.751. The fourth-order valence-corrected chi connectivity index (χ4v) is 2.72. The van der Waals surface area contributed by atoms with Gasteiger partial charge in [-0.25, -0.2) is 4.79 Å². The average molecular weight is 212 g/mol. The number of fused-ring (bicyclic) bond motifs is 2. The van der Waals surface area contributed by atoms with Crippen molar-refractivity contribution < 1.29 is 9.53 Å². The van der Waals surface area contributed by atoms with Crippen LogP contribution in [0.2, 0.25) is 0 Å². The number of hydrogen-bond donors (Lipinski definition) is 1. The summed E-state index contributed by atoms with van der Waals surface area (Å²) in [5, 5.41) is 3.57. The molecule has 2 fully saturated rings. The lowest BCUT2D eigenvalue weighted by Crippen LogP contribution is -2.48. The van der Waals surface area contributed by atoms with Crippen LogP contribution in [-0.4, -0.2) is 42.8 Å². The molecule has 2 heterocycles. The molecule has 2 aliphatic rings. The number of carbonyl (C=O) groups excluding carboxylic acids is 1. The van der Waals surface area contributed by atoms with Gasteiger partial charge in [0, 0.05) is 25.2 Å². The van der Waals surface area contributed by atoms with Crippen molar-refractivity contribution in [1.82, 2.24) is 10.2 Å². The molecule has 4 nitrogen and oxygen atoms in total. The summed E-state index contributed by atoms with van der Waals surface area (Å²) in [7, 11) is 1.85. The molecular weight excluding hydrogens is 192 g/mol. The van der Waals surface area contributed by atoms with Gasteiger partial charge in [-0.3, -0.25) is 0 Å². The van der Waals surface area contributed by atoms with Gasteiger partial charge in [-0.15, -0.1) is 0 Å². The summed E-state index contributed by atoms with van der Waals surface area (Å²) in [6.45, 7) is 2.30. The first-order valence-electron chi connectivity index (χ1n) is 5.86. The lowest BCUT2D eigenvalue weighted by molar-refractivity contribution is 0.0897. The van der Waals surface area contributed by atoms with E-state index in [1.165, 1.54) is 12.8 Å². The molecule has 15 heavy (non-hydrogen) atoms. The third-order valence-electron chi connectivity index (χ3n) is 3.55. The summed E-state index contributed by atoms with van der Waals surface area (Å²) in [4.78, 5) is 13.3. The highest BCUT2D eigenvalue weighted by Gasteiger charge is 2.36. The molecule has 4 heteroatoms. The predicted molar refractivity (Wildman–Crippen MR) is 57.8 cm³/mol. The number of hydrogen-bond acceptors (Lipinski definition) is 3. The molecular formula is C11H20N2O2. The van der Waals surface area contributed by atoms with Gasteiger partial charge in [0.25, 0.3) is 0 Å². The third kappa shape index (κ3) is 2.25. The molecule has 2 saturated heterocycles. The molecule has 2 bridgehead atoms. The minimum atomic E-state index is -0.177. The molecule has 2 aliphatic heterocycles. The van der Waals surface area contributed by atoms with Crippen molar-refractivity contribution in [2.75, 3.05) is 13.7 Å². The van der Waals surface area contributed by atoms with Crippen LogP contribution in [0.15, 0.2) is 0 Å². The van der Waals surface area contributed by atoms with Crippen LogP contribution in [0.5, 0.6) is 0 Å². The Hall–Kier alpha value is -0.770. The molecule has 0 saturated carbocycles. The molecule has 0 aliphatic carbocycles. The first-order valence-corrected chi connectivity index (χ1v) is 5.86. The van der Waals surface area contributed by atoms with E-state index in [9.17, 15) is 4.79 Å². The number of nitrogens with one attached hydrogen (secondary N) is 1. The zero-order chi connectivity index (χ0) is 10.8. The van der Waals surface area contributed by atoms with Gasteiger partial charge >= 0.3 is 6.09 Å².